The summed E-state index contributed by atoms with van der Waals surface area (Å²) in [5.41, 5.74) is 0. The van der Waals surface area contributed by atoms with Gasteiger partial charge >= 0.3 is 0 Å². The Morgan fingerprint density at radius 3 is 1.25 bits per heavy atom. The Hall–Kier alpha value is -1.07. The summed E-state index contributed by atoms with van der Waals surface area (Å²) in [6, 6.07) is -0.717. The van der Waals surface area contributed by atoms with Crippen LogP contribution in [0.1, 0.15) is 284 Å². The van der Waals surface area contributed by atoms with Crippen molar-refractivity contribution >= 4 is 5.91 Å². The van der Waals surface area contributed by atoms with Crippen molar-refractivity contribution < 1.29 is 39.8 Å². The van der Waals surface area contributed by atoms with E-state index in [-0.39, 0.29) is 12.5 Å². The lowest BCUT2D eigenvalue weighted by Gasteiger charge is -2.40. The predicted molar refractivity (Wildman–Crippen MR) is 272 cm³/mol. The number of hydrogen-bond donors (Lipinski definition) is 6. The molecule has 1 heterocycles. The molecule has 6 N–H and O–H groups in total. The third-order valence-corrected chi connectivity index (χ3v) is 13.9. The van der Waals surface area contributed by atoms with Gasteiger partial charge in [0.05, 0.1) is 25.4 Å². The van der Waals surface area contributed by atoms with Crippen LogP contribution in [0, 0.1) is 0 Å². The van der Waals surface area contributed by atoms with E-state index in [1.54, 1.807) is 0 Å². The smallest absolute Gasteiger partial charge is 0.220 e. The number of carbonyl (C=O) groups excluding carboxylic acids is 1. The monoisotopic (exact) mass is 924 g/mol. The summed E-state index contributed by atoms with van der Waals surface area (Å²) in [7, 11) is 0. The zero-order valence-corrected chi connectivity index (χ0v) is 42.8. The van der Waals surface area contributed by atoms with Crippen molar-refractivity contribution in [1.29, 1.82) is 0 Å². The maximum absolute atomic E-state index is 13.1. The molecular formula is C56H109NO8. The van der Waals surface area contributed by atoms with Crippen LogP contribution in [-0.2, 0) is 14.3 Å². The minimum Gasteiger partial charge on any atom is -0.394 e. The molecule has 1 saturated heterocycles. The van der Waals surface area contributed by atoms with E-state index in [0.29, 0.717) is 12.8 Å². The number of rotatable bonds is 49. The van der Waals surface area contributed by atoms with E-state index >= 15 is 0 Å². The molecule has 0 radical (unpaired) electrons. The number of allylic oxidation sites excluding steroid dienone is 2. The Labute approximate surface area is 401 Å². The lowest BCUT2D eigenvalue weighted by atomic mass is 9.99. The van der Waals surface area contributed by atoms with Gasteiger partial charge in [-0.3, -0.25) is 4.79 Å². The minimum atomic E-state index is -1.55. The number of carbonyl (C=O) groups is 1. The van der Waals surface area contributed by atoms with Gasteiger partial charge in [0.15, 0.2) is 6.29 Å². The van der Waals surface area contributed by atoms with Crippen LogP contribution in [-0.4, -0.2) is 87.5 Å². The largest absolute Gasteiger partial charge is 0.394 e. The number of nitrogens with one attached hydrogen (secondary N) is 1. The molecule has 1 fully saturated rings. The summed E-state index contributed by atoms with van der Waals surface area (Å²) in [6.07, 6.45) is 49.4. The minimum absolute atomic E-state index is 0.134. The van der Waals surface area contributed by atoms with E-state index in [9.17, 15) is 30.3 Å². The number of aliphatic hydroxyl groups is 5. The lowest BCUT2D eigenvalue weighted by Crippen LogP contribution is -2.60. The fourth-order valence-corrected chi connectivity index (χ4v) is 9.34. The SMILES string of the molecule is CCCCCCCCCC/C=C\CCCCCCCCCCCC(=O)NC(COC1OC(CO)C(O)C(O)C1O)C(O)CCCCCCCCCCCCCCCCCCCCCCC. The van der Waals surface area contributed by atoms with E-state index < -0.39 is 49.5 Å². The predicted octanol–water partition coefficient (Wildman–Crippen LogP) is 13.6. The fraction of sp³-hybridized carbons (Fsp3) is 0.946. The van der Waals surface area contributed by atoms with Crippen LogP contribution in [0.15, 0.2) is 12.2 Å². The molecule has 0 spiro atoms. The number of amides is 1. The zero-order chi connectivity index (χ0) is 47.3. The van der Waals surface area contributed by atoms with Crippen LogP contribution in [0.5, 0.6) is 0 Å². The lowest BCUT2D eigenvalue weighted by molar-refractivity contribution is -0.302. The van der Waals surface area contributed by atoms with Gasteiger partial charge in [-0.25, -0.2) is 0 Å². The highest BCUT2D eigenvalue weighted by Crippen LogP contribution is 2.23. The second-order valence-electron chi connectivity index (χ2n) is 20.1. The molecule has 0 aromatic heterocycles. The van der Waals surface area contributed by atoms with Gasteiger partial charge in [-0.2, -0.15) is 0 Å². The Morgan fingerprint density at radius 1 is 0.508 bits per heavy atom. The van der Waals surface area contributed by atoms with Crippen molar-refractivity contribution in [2.24, 2.45) is 0 Å². The van der Waals surface area contributed by atoms with Gasteiger partial charge in [0, 0.05) is 6.42 Å². The van der Waals surface area contributed by atoms with Crippen LogP contribution in [0.2, 0.25) is 0 Å². The average Bonchev–Trinajstić information content (AvgIpc) is 3.31. The molecule has 7 unspecified atom stereocenters. The van der Waals surface area contributed by atoms with Gasteiger partial charge < -0.3 is 40.3 Å². The maximum Gasteiger partial charge on any atom is 0.220 e. The molecular weight excluding hydrogens is 815 g/mol. The molecule has 0 aromatic carbocycles. The Balaban J connectivity index is 2.22. The summed E-state index contributed by atoms with van der Waals surface area (Å²) in [5, 5.41) is 54.7. The van der Waals surface area contributed by atoms with Crippen LogP contribution in [0.25, 0.3) is 0 Å². The quantitative estimate of drug-likeness (QED) is 0.0261. The molecule has 1 amide bonds. The van der Waals surface area contributed by atoms with E-state index in [0.717, 1.165) is 38.5 Å². The maximum atomic E-state index is 13.1. The van der Waals surface area contributed by atoms with E-state index in [1.165, 1.54) is 218 Å². The molecule has 9 nitrogen and oxygen atoms in total. The molecule has 1 aliphatic rings. The number of aliphatic hydroxyl groups excluding tert-OH is 5. The van der Waals surface area contributed by atoms with Crippen LogP contribution in [0.3, 0.4) is 0 Å². The van der Waals surface area contributed by atoms with Crippen LogP contribution < -0.4 is 5.32 Å². The van der Waals surface area contributed by atoms with Crippen molar-refractivity contribution in [3.05, 3.63) is 12.2 Å². The molecule has 0 saturated carbocycles. The normalized spacial score (nSPS) is 19.9. The molecule has 1 rings (SSSR count). The van der Waals surface area contributed by atoms with Gasteiger partial charge in [-0.05, 0) is 38.5 Å². The molecule has 9 heteroatoms. The first-order chi connectivity index (χ1) is 31.8. The molecule has 0 aromatic rings. The van der Waals surface area contributed by atoms with Crippen LogP contribution in [0.4, 0.5) is 0 Å². The molecule has 0 bridgehead atoms. The molecule has 7 atom stereocenters. The number of ether oxygens (including phenoxy) is 2. The third-order valence-electron chi connectivity index (χ3n) is 13.9. The first-order valence-electron chi connectivity index (χ1n) is 28.4. The summed E-state index contributed by atoms with van der Waals surface area (Å²) in [6.45, 7) is 3.87. The van der Waals surface area contributed by atoms with Crippen molar-refractivity contribution in [1.82, 2.24) is 5.32 Å². The standard InChI is InChI=1S/C56H109NO8/c1-3-5-7-9-11-13-15-17-19-21-23-25-27-29-31-33-35-37-39-41-43-45-50(59)49(48-64-56-55(63)54(62)53(61)51(47-58)65-56)57-52(60)46-44-42-40-38-36-34-32-30-28-26-24-22-20-18-16-14-12-10-8-6-4-2/h22,24,49-51,53-56,58-59,61-63H,3-21,23,25-48H2,1-2H3,(H,57,60)/b24-22-. The first kappa shape index (κ1) is 61.9. The molecule has 1 aliphatic heterocycles. The third kappa shape index (κ3) is 36.6. The Kier molecular flexibility index (Phi) is 44.5. The van der Waals surface area contributed by atoms with Gasteiger partial charge in [0.25, 0.3) is 0 Å². The van der Waals surface area contributed by atoms with E-state index in [1.807, 2.05) is 0 Å². The highest BCUT2D eigenvalue weighted by atomic mass is 16.7. The van der Waals surface area contributed by atoms with Crippen molar-refractivity contribution in [2.45, 2.75) is 326 Å². The summed E-state index contributed by atoms with van der Waals surface area (Å²) < 4.78 is 11.3. The highest BCUT2D eigenvalue weighted by Gasteiger charge is 2.44. The number of unbranched alkanes of at least 4 members (excludes halogenated alkanes) is 37. The Bertz CT molecular complexity index is 1030. The molecule has 386 valence electrons. The summed E-state index contributed by atoms with van der Waals surface area (Å²) >= 11 is 0. The number of hydrogen-bond acceptors (Lipinski definition) is 8. The Morgan fingerprint density at radius 2 is 0.862 bits per heavy atom. The van der Waals surface area contributed by atoms with Crippen molar-refractivity contribution in [3.63, 3.8) is 0 Å². The molecule has 65 heavy (non-hydrogen) atoms. The van der Waals surface area contributed by atoms with Gasteiger partial charge in [0.1, 0.15) is 24.4 Å². The van der Waals surface area contributed by atoms with Crippen LogP contribution >= 0.6 is 0 Å². The van der Waals surface area contributed by atoms with E-state index in [4.69, 9.17) is 9.47 Å². The molecule has 0 aliphatic carbocycles. The summed E-state index contributed by atoms with van der Waals surface area (Å²) in [4.78, 5) is 13.1. The fourth-order valence-electron chi connectivity index (χ4n) is 9.34. The summed E-state index contributed by atoms with van der Waals surface area (Å²) in [5.74, 6) is -0.142. The topological polar surface area (TPSA) is 149 Å². The van der Waals surface area contributed by atoms with E-state index in [2.05, 4.69) is 31.3 Å². The van der Waals surface area contributed by atoms with Gasteiger partial charge in [-0.15, -0.1) is 0 Å². The van der Waals surface area contributed by atoms with Gasteiger partial charge in [0.2, 0.25) is 5.91 Å². The second kappa shape index (κ2) is 46.6. The second-order valence-corrected chi connectivity index (χ2v) is 20.1. The zero-order valence-electron chi connectivity index (χ0n) is 42.8. The van der Waals surface area contributed by atoms with Crippen molar-refractivity contribution in [3.8, 4) is 0 Å². The highest BCUT2D eigenvalue weighted by molar-refractivity contribution is 5.76. The van der Waals surface area contributed by atoms with Crippen molar-refractivity contribution in [2.75, 3.05) is 13.2 Å². The first-order valence-corrected chi connectivity index (χ1v) is 28.4. The average molecular weight is 924 g/mol. The van der Waals surface area contributed by atoms with Gasteiger partial charge in [-0.1, -0.05) is 251 Å².